The molecule has 0 heterocycles. The van der Waals surface area contributed by atoms with Crippen molar-refractivity contribution in [3.63, 3.8) is 0 Å². The molecule has 17 heavy (non-hydrogen) atoms. The van der Waals surface area contributed by atoms with E-state index >= 15 is 0 Å². The molecule has 1 aliphatic carbocycles. The van der Waals surface area contributed by atoms with Crippen LogP contribution in [0.3, 0.4) is 0 Å². The predicted molar refractivity (Wildman–Crippen MR) is 69.6 cm³/mol. The maximum Gasteiger partial charge on any atom is 0.123 e. The van der Waals surface area contributed by atoms with Gasteiger partial charge in [0, 0.05) is 6.54 Å². The first-order chi connectivity index (χ1) is 8.29. The van der Waals surface area contributed by atoms with E-state index in [0.717, 1.165) is 12.5 Å². The number of benzene rings is 1. The molecule has 1 aliphatic rings. The van der Waals surface area contributed by atoms with Gasteiger partial charge in [-0.1, -0.05) is 37.8 Å². The van der Waals surface area contributed by atoms with Crippen LogP contribution in [-0.2, 0) is 0 Å². The average molecular weight is 235 g/mol. The van der Waals surface area contributed by atoms with Crippen LogP contribution >= 0.6 is 0 Å². The molecule has 1 aromatic rings. The summed E-state index contributed by atoms with van der Waals surface area (Å²) in [6, 6.07) is 7.03. The first-order valence-corrected chi connectivity index (χ1v) is 6.69. The van der Waals surface area contributed by atoms with Gasteiger partial charge < -0.3 is 5.32 Å². The second-order valence-corrected chi connectivity index (χ2v) is 5.19. The zero-order valence-electron chi connectivity index (χ0n) is 10.6. The Balaban J connectivity index is 2.02. The lowest BCUT2D eigenvalue weighted by atomic mass is 9.88. The van der Waals surface area contributed by atoms with Crippen molar-refractivity contribution in [2.45, 2.75) is 38.0 Å². The third kappa shape index (κ3) is 3.53. The summed E-state index contributed by atoms with van der Waals surface area (Å²) in [6.45, 7) is 0.988. The number of hydrogen-bond acceptors (Lipinski definition) is 1. The van der Waals surface area contributed by atoms with Crippen LogP contribution in [0, 0.1) is 11.7 Å². The van der Waals surface area contributed by atoms with Gasteiger partial charge in [0.2, 0.25) is 0 Å². The Morgan fingerprint density at radius 2 is 1.88 bits per heavy atom. The zero-order valence-corrected chi connectivity index (χ0v) is 10.6. The van der Waals surface area contributed by atoms with Gasteiger partial charge in [-0.3, -0.25) is 0 Å². The largest absolute Gasteiger partial charge is 0.319 e. The first-order valence-electron chi connectivity index (χ1n) is 6.69. The van der Waals surface area contributed by atoms with Crippen LogP contribution in [0.1, 0.15) is 43.6 Å². The van der Waals surface area contributed by atoms with E-state index in [9.17, 15) is 4.39 Å². The Morgan fingerprint density at radius 1 is 1.24 bits per heavy atom. The number of rotatable bonds is 5. The molecule has 1 atom stereocenters. The highest BCUT2D eigenvalue weighted by Gasteiger charge is 2.20. The number of halogens is 1. The van der Waals surface area contributed by atoms with E-state index in [1.165, 1.54) is 37.7 Å². The van der Waals surface area contributed by atoms with Crippen LogP contribution in [0.5, 0.6) is 0 Å². The van der Waals surface area contributed by atoms with Crippen LogP contribution in [-0.4, -0.2) is 13.6 Å². The lowest BCUT2D eigenvalue weighted by Gasteiger charge is -2.20. The minimum absolute atomic E-state index is 0.141. The fourth-order valence-corrected chi connectivity index (χ4v) is 2.97. The van der Waals surface area contributed by atoms with Crippen LogP contribution in [0.4, 0.5) is 4.39 Å². The summed E-state index contributed by atoms with van der Waals surface area (Å²) in [4.78, 5) is 0. The van der Waals surface area contributed by atoms with Gasteiger partial charge in [-0.15, -0.1) is 0 Å². The summed E-state index contributed by atoms with van der Waals surface area (Å²) < 4.78 is 12.9. The second-order valence-electron chi connectivity index (χ2n) is 5.19. The monoisotopic (exact) mass is 235 g/mol. The van der Waals surface area contributed by atoms with E-state index in [1.807, 2.05) is 19.2 Å². The summed E-state index contributed by atoms with van der Waals surface area (Å²) in [7, 11) is 1.99. The number of nitrogens with one attached hydrogen (secondary N) is 1. The van der Waals surface area contributed by atoms with Gasteiger partial charge in [0.1, 0.15) is 5.82 Å². The Morgan fingerprint density at radius 3 is 2.47 bits per heavy atom. The Labute approximate surface area is 103 Å². The molecule has 94 valence electrons. The summed E-state index contributed by atoms with van der Waals surface area (Å²) in [6.07, 6.45) is 6.77. The van der Waals surface area contributed by atoms with Crippen molar-refractivity contribution in [3.05, 3.63) is 35.6 Å². The molecular formula is C15H22FN. The van der Waals surface area contributed by atoms with Crippen molar-refractivity contribution in [2.24, 2.45) is 5.92 Å². The highest BCUT2D eigenvalue weighted by atomic mass is 19.1. The molecule has 1 fully saturated rings. The van der Waals surface area contributed by atoms with Crippen LogP contribution < -0.4 is 5.32 Å². The van der Waals surface area contributed by atoms with Gasteiger partial charge in [0.25, 0.3) is 0 Å². The molecule has 0 aliphatic heterocycles. The molecule has 1 N–H and O–H groups in total. The molecule has 0 amide bonds. The van der Waals surface area contributed by atoms with Crippen LogP contribution in [0.2, 0.25) is 0 Å². The summed E-state index contributed by atoms with van der Waals surface area (Å²) in [5.74, 6) is 1.26. The second kappa shape index (κ2) is 6.15. The molecular weight excluding hydrogens is 213 g/mol. The van der Waals surface area contributed by atoms with E-state index in [4.69, 9.17) is 0 Å². The van der Waals surface area contributed by atoms with Crippen molar-refractivity contribution < 1.29 is 4.39 Å². The molecule has 0 spiro atoms. The standard InChI is InChI=1S/C15H22FN/c1-17-11-14(10-12-4-2-3-5-12)13-6-8-15(16)9-7-13/h6-9,12,14,17H,2-5,10-11H2,1H3. The minimum atomic E-state index is -0.141. The Bertz CT molecular complexity index is 327. The molecule has 1 saturated carbocycles. The van der Waals surface area contributed by atoms with E-state index in [-0.39, 0.29) is 5.82 Å². The topological polar surface area (TPSA) is 12.0 Å². The smallest absolute Gasteiger partial charge is 0.123 e. The molecule has 0 bridgehead atoms. The quantitative estimate of drug-likeness (QED) is 0.820. The molecule has 1 nitrogen and oxygen atoms in total. The molecule has 1 aromatic carbocycles. The summed E-state index contributed by atoms with van der Waals surface area (Å²) in [5, 5.41) is 3.26. The lowest BCUT2D eigenvalue weighted by Crippen LogP contribution is -2.19. The van der Waals surface area contributed by atoms with E-state index in [2.05, 4.69) is 5.32 Å². The average Bonchev–Trinajstić information content (AvgIpc) is 2.82. The van der Waals surface area contributed by atoms with Crippen molar-refractivity contribution >= 4 is 0 Å². The van der Waals surface area contributed by atoms with Gasteiger partial charge in [-0.05, 0) is 43.0 Å². The van der Waals surface area contributed by atoms with E-state index < -0.39 is 0 Å². The third-order valence-corrected chi connectivity index (χ3v) is 3.88. The number of likely N-dealkylation sites (N-methyl/N-ethyl adjacent to an activating group) is 1. The molecule has 0 radical (unpaired) electrons. The SMILES string of the molecule is CNCC(CC1CCCC1)c1ccc(F)cc1. The maximum absolute atomic E-state index is 12.9. The van der Waals surface area contributed by atoms with Crippen molar-refractivity contribution in [3.8, 4) is 0 Å². The summed E-state index contributed by atoms with van der Waals surface area (Å²) >= 11 is 0. The minimum Gasteiger partial charge on any atom is -0.319 e. The van der Waals surface area contributed by atoms with Crippen molar-refractivity contribution in [2.75, 3.05) is 13.6 Å². The van der Waals surface area contributed by atoms with Gasteiger partial charge in [0.15, 0.2) is 0 Å². The van der Waals surface area contributed by atoms with Crippen LogP contribution in [0.25, 0.3) is 0 Å². The van der Waals surface area contributed by atoms with Gasteiger partial charge in [-0.25, -0.2) is 4.39 Å². The Kier molecular flexibility index (Phi) is 4.55. The molecule has 0 aromatic heterocycles. The third-order valence-electron chi connectivity index (χ3n) is 3.88. The van der Waals surface area contributed by atoms with E-state index in [0.29, 0.717) is 5.92 Å². The fraction of sp³-hybridized carbons (Fsp3) is 0.600. The lowest BCUT2D eigenvalue weighted by molar-refractivity contribution is 0.434. The van der Waals surface area contributed by atoms with Crippen LogP contribution in [0.15, 0.2) is 24.3 Å². The molecule has 1 unspecified atom stereocenters. The number of hydrogen-bond donors (Lipinski definition) is 1. The molecule has 2 heteroatoms. The molecule has 2 rings (SSSR count). The molecule has 0 saturated heterocycles. The fourth-order valence-electron chi connectivity index (χ4n) is 2.97. The van der Waals surface area contributed by atoms with E-state index in [1.54, 1.807) is 12.1 Å². The highest BCUT2D eigenvalue weighted by Crippen LogP contribution is 2.33. The highest BCUT2D eigenvalue weighted by molar-refractivity contribution is 5.21. The van der Waals surface area contributed by atoms with Crippen molar-refractivity contribution in [1.82, 2.24) is 5.32 Å². The maximum atomic E-state index is 12.9. The predicted octanol–water partition coefficient (Wildman–Crippen LogP) is 3.71. The summed E-state index contributed by atoms with van der Waals surface area (Å²) in [5.41, 5.74) is 1.27. The van der Waals surface area contributed by atoms with Gasteiger partial charge >= 0.3 is 0 Å². The zero-order chi connectivity index (χ0) is 12.1. The van der Waals surface area contributed by atoms with Gasteiger partial charge in [-0.2, -0.15) is 0 Å². The van der Waals surface area contributed by atoms with Gasteiger partial charge in [0.05, 0.1) is 0 Å². The first kappa shape index (κ1) is 12.6. The normalized spacial score (nSPS) is 18.5. The van der Waals surface area contributed by atoms with Crippen molar-refractivity contribution in [1.29, 1.82) is 0 Å². The Hall–Kier alpha value is -0.890.